The van der Waals surface area contributed by atoms with Gasteiger partial charge in [-0.1, -0.05) is 20.3 Å². The Kier molecular flexibility index (Phi) is 3.75. The number of amides is 1. The van der Waals surface area contributed by atoms with Crippen LogP contribution in [0.5, 0.6) is 5.75 Å². The Balaban J connectivity index is 2.06. The van der Waals surface area contributed by atoms with Crippen LogP contribution in [0.2, 0.25) is 0 Å². The van der Waals surface area contributed by atoms with E-state index in [2.05, 4.69) is 19.2 Å². The molecule has 0 spiro atoms. The van der Waals surface area contributed by atoms with E-state index in [1.165, 1.54) is 0 Å². The molecule has 1 unspecified atom stereocenters. The molecule has 0 radical (unpaired) electrons. The molecule has 3 N–H and O–H groups in total. The van der Waals surface area contributed by atoms with Gasteiger partial charge in [-0.05, 0) is 24.0 Å². The molecule has 1 atom stereocenters. The average Bonchev–Trinajstić information content (AvgIpc) is 2.65. The zero-order valence-corrected chi connectivity index (χ0v) is 11.0. The van der Waals surface area contributed by atoms with Crippen molar-refractivity contribution in [1.82, 2.24) is 0 Å². The van der Waals surface area contributed by atoms with Crippen molar-refractivity contribution in [3.63, 3.8) is 0 Å². The third-order valence-corrected chi connectivity index (χ3v) is 3.17. The fraction of sp³-hybridized carbons (Fsp3) is 0.500. The molecule has 4 nitrogen and oxygen atoms in total. The lowest BCUT2D eigenvalue weighted by atomic mass is 10.1. The van der Waals surface area contributed by atoms with E-state index >= 15 is 0 Å². The third kappa shape index (κ3) is 2.75. The molecule has 1 aliphatic heterocycles. The molecule has 1 heterocycles. The summed E-state index contributed by atoms with van der Waals surface area (Å²) in [6, 6.07) is 3.65. The summed E-state index contributed by atoms with van der Waals surface area (Å²) in [5, 5.41) is 2.80. The number of nitrogens with two attached hydrogens (primary N) is 1. The van der Waals surface area contributed by atoms with Gasteiger partial charge in [0.15, 0.2) is 0 Å². The molecule has 1 amide bonds. The SMILES string of the molecule is CCCC(C)COc1cc2c(cc1N)CC(=O)N2. The molecule has 1 aromatic rings. The van der Waals surface area contributed by atoms with Crippen molar-refractivity contribution in [2.75, 3.05) is 17.7 Å². The number of nitrogens with one attached hydrogen (secondary N) is 1. The van der Waals surface area contributed by atoms with E-state index in [4.69, 9.17) is 10.5 Å². The van der Waals surface area contributed by atoms with E-state index in [0.29, 0.717) is 30.4 Å². The maximum Gasteiger partial charge on any atom is 0.228 e. The number of benzene rings is 1. The van der Waals surface area contributed by atoms with Gasteiger partial charge in [-0.15, -0.1) is 0 Å². The number of hydrogen-bond acceptors (Lipinski definition) is 3. The Morgan fingerprint density at radius 1 is 1.50 bits per heavy atom. The predicted octanol–water partition coefficient (Wildman–Crippen LogP) is 2.58. The van der Waals surface area contributed by atoms with E-state index in [1.807, 2.05) is 12.1 Å². The second kappa shape index (κ2) is 5.29. The summed E-state index contributed by atoms with van der Waals surface area (Å²) < 4.78 is 5.74. The first kappa shape index (κ1) is 12.7. The third-order valence-electron chi connectivity index (χ3n) is 3.17. The second-order valence-corrected chi connectivity index (χ2v) is 4.98. The van der Waals surface area contributed by atoms with E-state index in [0.717, 1.165) is 24.1 Å². The van der Waals surface area contributed by atoms with Crippen LogP contribution in [0.4, 0.5) is 11.4 Å². The summed E-state index contributed by atoms with van der Waals surface area (Å²) in [6.07, 6.45) is 2.70. The summed E-state index contributed by atoms with van der Waals surface area (Å²) in [5.41, 5.74) is 8.32. The molecule has 18 heavy (non-hydrogen) atoms. The number of anilines is 2. The molecule has 0 aliphatic carbocycles. The lowest BCUT2D eigenvalue weighted by Gasteiger charge is -2.14. The van der Waals surface area contributed by atoms with Gasteiger partial charge in [-0.25, -0.2) is 0 Å². The minimum atomic E-state index is 0.0147. The molecule has 0 aromatic heterocycles. The number of nitrogen functional groups attached to an aromatic ring is 1. The van der Waals surface area contributed by atoms with Crippen LogP contribution in [-0.2, 0) is 11.2 Å². The van der Waals surface area contributed by atoms with Gasteiger partial charge in [-0.3, -0.25) is 4.79 Å². The van der Waals surface area contributed by atoms with Crippen LogP contribution < -0.4 is 15.8 Å². The van der Waals surface area contributed by atoms with Crippen LogP contribution in [0.15, 0.2) is 12.1 Å². The maximum absolute atomic E-state index is 11.3. The van der Waals surface area contributed by atoms with E-state index in [1.54, 1.807) is 0 Å². The summed E-state index contributed by atoms with van der Waals surface area (Å²) in [4.78, 5) is 11.3. The van der Waals surface area contributed by atoms with Gasteiger partial charge in [0.05, 0.1) is 18.7 Å². The van der Waals surface area contributed by atoms with E-state index in [-0.39, 0.29) is 5.91 Å². The molecule has 0 bridgehead atoms. The van der Waals surface area contributed by atoms with Crippen LogP contribution >= 0.6 is 0 Å². The highest BCUT2D eigenvalue weighted by Crippen LogP contribution is 2.33. The standard InChI is InChI=1S/C14H20N2O2/c1-3-4-9(2)8-18-13-7-12-10(5-11(13)15)6-14(17)16-12/h5,7,9H,3-4,6,8,15H2,1-2H3,(H,16,17). The fourth-order valence-corrected chi connectivity index (χ4v) is 2.21. The van der Waals surface area contributed by atoms with Crippen molar-refractivity contribution in [2.45, 2.75) is 33.1 Å². The average molecular weight is 248 g/mol. The lowest BCUT2D eigenvalue weighted by molar-refractivity contribution is -0.115. The Bertz CT molecular complexity index is 457. The van der Waals surface area contributed by atoms with Crippen molar-refractivity contribution in [3.8, 4) is 5.75 Å². The molecule has 1 aliphatic rings. The Labute approximate surface area is 108 Å². The normalized spacial score (nSPS) is 15.1. The minimum Gasteiger partial charge on any atom is -0.491 e. The Morgan fingerprint density at radius 3 is 3.00 bits per heavy atom. The highest BCUT2D eigenvalue weighted by atomic mass is 16.5. The molecule has 1 aromatic carbocycles. The first-order chi connectivity index (χ1) is 8.60. The van der Waals surface area contributed by atoms with Crippen molar-refractivity contribution in [3.05, 3.63) is 17.7 Å². The van der Waals surface area contributed by atoms with E-state index < -0.39 is 0 Å². The highest BCUT2D eigenvalue weighted by molar-refractivity contribution is 6.00. The molecule has 4 heteroatoms. The summed E-state index contributed by atoms with van der Waals surface area (Å²) in [5.74, 6) is 1.19. The number of carbonyl (C=O) groups is 1. The largest absolute Gasteiger partial charge is 0.491 e. The molecule has 0 fully saturated rings. The molecule has 98 valence electrons. The van der Waals surface area contributed by atoms with Gasteiger partial charge >= 0.3 is 0 Å². The van der Waals surface area contributed by atoms with Gasteiger partial charge in [0.25, 0.3) is 0 Å². The lowest BCUT2D eigenvalue weighted by Crippen LogP contribution is -2.09. The molecule has 2 rings (SSSR count). The second-order valence-electron chi connectivity index (χ2n) is 4.98. The summed E-state index contributed by atoms with van der Waals surface area (Å²) in [6.45, 7) is 4.98. The van der Waals surface area contributed by atoms with Crippen LogP contribution in [0.25, 0.3) is 0 Å². The fourth-order valence-electron chi connectivity index (χ4n) is 2.21. The smallest absolute Gasteiger partial charge is 0.228 e. The molecule has 0 saturated carbocycles. The van der Waals surface area contributed by atoms with Crippen molar-refractivity contribution in [1.29, 1.82) is 0 Å². The zero-order chi connectivity index (χ0) is 13.1. The number of fused-ring (bicyclic) bond motifs is 1. The van der Waals surface area contributed by atoms with Gasteiger partial charge < -0.3 is 15.8 Å². The highest BCUT2D eigenvalue weighted by Gasteiger charge is 2.19. The Hall–Kier alpha value is -1.71. The van der Waals surface area contributed by atoms with Crippen molar-refractivity contribution < 1.29 is 9.53 Å². The number of ether oxygens (including phenoxy) is 1. The first-order valence-corrected chi connectivity index (χ1v) is 6.45. The number of carbonyl (C=O) groups excluding carboxylic acids is 1. The number of rotatable bonds is 5. The Morgan fingerprint density at radius 2 is 2.28 bits per heavy atom. The minimum absolute atomic E-state index is 0.0147. The summed E-state index contributed by atoms with van der Waals surface area (Å²) in [7, 11) is 0. The monoisotopic (exact) mass is 248 g/mol. The molecular weight excluding hydrogens is 228 g/mol. The van der Waals surface area contributed by atoms with Crippen LogP contribution in [0.3, 0.4) is 0 Å². The number of hydrogen-bond donors (Lipinski definition) is 2. The van der Waals surface area contributed by atoms with Gasteiger partial charge in [-0.2, -0.15) is 0 Å². The van der Waals surface area contributed by atoms with Crippen molar-refractivity contribution >= 4 is 17.3 Å². The van der Waals surface area contributed by atoms with Crippen LogP contribution in [0.1, 0.15) is 32.3 Å². The van der Waals surface area contributed by atoms with Crippen LogP contribution in [0, 0.1) is 5.92 Å². The van der Waals surface area contributed by atoms with Crippen molar-refractivity contribution in [2.24, 2.45) is 5.92 Å². The molecular formula is C14H20N2O2. The van der Waals surface area contributed by atoms with E-state index in [9.17, 15) is 4.79 Å². The maximum atomic E-state index is 11.3. The zero-order valence-electron chi connectivity index (χ0n) is 11.0. The van der Waals surface area contributed by atoms with Gasteiger partial charge in [0.2, 0.25) is 5.91 Å². The predicted molar refractivity (Wildman–Crippen MR) is 72.8 cm³/mol. The topological polar surface area (TPSA) is 64.3 Å². The quantitative estimate of drug-likeness (QED) is 0.787. The van der Waals surface area contributed by atoms with Crippen LogP contribution in [-0.4, -0.2) is 12.5 Å². The summed E-state index contributed by atoms with van der Waals surface area (Å²) >= 11 is 0. The van der Waals surface area contributed by atoms with Gasteiger partial charge in [0.1, 0.15) is 5.75 Å². The van der Waals surface area contributed by atoms with Gasteiger partial charge in [0, 0.05) is 11.8 Å². The molecule has 0 saturated heterocycles. The first-order valence-electron chi connectivity index (χ1n) is 6.45.